The Kier molecular flexibility index (Phi) is 3.61. The molecule has 0 saturated carbocycles. The topological polar surface area (TPSA) is 119 Å². The van der Waals surface area contributed by atoms with Crippen LogP contribution >= 0.6 is 15.9 Å². The monoisotopic (exact) mass is 339 g/mol. The molecular formula is C11H6BrN3O5. The van der Waals surface area contributed by atoms with Crippen LogP contribution in [-0.2, 0) is 0 Å². The van der Waals surface area contributed by atoms with Gasteiger partial charge in [0.15, 0.2) is 0 Å². The molecule has 0 aliphatic rings. The lowest BCUT2D eigenvalue weighted by Gasteiger charge is -2.06. The highest BCUT2D eigenvalue weighted by molar-refractivity contribution is 9.10. The van der Waals surface area contributed by atoms with Gasteiger partial charge in [-0.2, -0.15) is 0 Å². The van der Waals surface area contributed by atoms with Crippen LogP contribution in [0.2, 0.25) is 0 Å². The number of aromatic hydroxyl groups is 1. The fourth-order valence-electron chi connectivity index (χ4n) is 1.66. The summed E-state index contributed by atoms with van der Waals surface area (Å²) in [4.78, 5) is 24.1. The van der Waals surface area contributed by atoms with E-state index in [0.717, 1.165) is 12.1 Å². The Labute approximate surface area is 120 Å². The van der Waals surface area contributed by atoms with E-state index < -0.39 is 27.0 Å². The van der Waals surface area contributed by atoms with E-state index in [1.54, 1.807) is 12.1 Å². The van der Waals surface area contributed by atoms with Gasteiger partial charge in [0.05, 0.1) is 27.7 Å². The first kappa shape index (κ1) is 13.9. The van der Waals surface area contributed by atoms with Gasteiger partial charge in [0.1, 0.15) is 11.3 Å². The van der Waals surface area contributed by atoms with Crippen LogP contribution in [0.25, 0.3) is 11.3 Å². The molecule has 0 radical (unpaired) electrons. The number of phenols is 1. The molecule has 0 saturated heterocycles. The Hall–Kier alpha value is -2.55. The van der Waals surface area contributed by atoms with Gasteiger partial charge in [0.2, 0.25) is 0 Å². The number of phenolic OH excluding ortho intramolecular Hbond substituents is 1. The fourth-order valence-corrected chi connectivity index (χ4v) is 2.11. The number of aromatic nitrogens is 1. The smallest absolute Gasteiger partial charge is 0.289 e. The summed E-state index contributed by atoms with van der Waals surface area (Å²) in [5.41, 5.74) is -1.19. The molecular weight excluding hydrogens is 334 g/mol. The lowest BCUT2D eigenvalue weighted by atomic mass is 10.1. The fraction of sp³-hybridized carbons (Fsp3) is 0. The number of nitrogens with zero attached hydrogens (tertiary/aromatic N) is 3. The van der Waals surface area contributed by atoms with Crippen molar-refractivity contribution in [3.8, 4) is 17.0 Å². The van der Waals surface area contributed by atoms with Crippen molar-refractivity contribution in [3.63, 3.8) is 0 Å². The molecule has 1 aromatic heterocycles. The molecule has 1 aromatic carbocycles. The molecule has 9 heteroatoms. The minimum atomic E-state index is -0.816. The van der Waals surface area contributed by atoms with Crippen LogP contribution in [0, 0.1) is 20.2 Å². The zero-order valence-corrected chi connectivity index (χ0v) is 11.3. The third-order valence-electron chi connectivity index (χ3n) is 2.48. The van der Waals surface area contributed by atoms with Crippen LogP contribution in [0.15, 0.2) is 34.9 Å². The van der Waals surface area contributed by atoms with Crippen molar-refractivity contribution in [1.29, 1.82) is 0 Å². The Bertz CT molecular complexity index is 719. The maximum absolute atomic E-state index is 11.1. The van der Waals surface area contributed by atoms with Crippen molar-refractivity contribution in [2.24, 2.45) is 0 Å². The Morgan fingerprint density at radius 3 is 2.45 bits per heavy atom. The largest absolute Gasteiger partial charge is 0.507 e. The number of pyridine rings is 1. The molecule has 8 nitrogen and oxygen atoms in total. The minimum absolute atomic E-state index is 0.131. The van der Waals surface area contributed by atoms with E-state index in [4.69, 9.17) is 0 Å². The van der Waals surface area contributed by atoms with Crippen molar-refractivity contribution < 1.29 is 15.0 Å². The molecule has 0 spiro atoms. The zero-order chi connectivity index (χ0) is 14.9. The molecule has 0 unspecified atom stereocenters. The van der Waals surface area contributed by atoms with Crippen LogP contribution in [0.1, 0.15) is 0 Å². The number of halogens is 1. The van der Waals surface area contributed by atoms with Crippen molar-refractivity contribution in [1.82, 2.24) is 4.98 Å². The molecule has 0 bridgehead atoms. The van der Waals surface area contributed by atoms with E-state index in [1.807, 2.05) is 0 Å². The second-order valence-electron chi connectivity index (χ2n) is 3.71. The van der Waals surface area contributed by atoms with Gasteiger partial charge < -0.3 is 5.11 Å². The van der Waals surface area contributed by atoms with Crippen molar-refractivity contribution in [3.05, 3.63) is 55.2 Å². The molecule has 2 aromatic rings. The molecule has 2 rings (SSSR count). The molecule has 1 heterocycles. The maximum Gasteiger partial charge on any atom is 0.289 e. The van der Waals surface area contributed by atoms with Crippen molar-refractivity contribution >= 4 is 27.3 Å². The van der Waals surface area contributed by atoms with E-state index in [9.17, 15) is 25.3 Å². The van der Waals surface area contributed by atoms with Gasteiger partial charge in [0, 0.05) is 10.7 Å². The number of rotatable bonds is 3. The van der Waals surface area contributed by atoms with E-state index in [-0.39, 0.29) is 11.3 Å². The highest BCUT2D eigenvalue weighted by Gasteiger charge is 2.27. The van der Waals surface area contributed by atoms with Gasteiger partial charge in [-0.25, -0.2) is 0 Å². The highest BCUT2D eigenvalue weighted by atomic mass is 79.9. The summed E-state index contributed by atoms with van der Waals surface area (Å²) in [6.45, 7) is 0. The first-order valence-electron chi connectivity index (χ1n) is 5.18. The predicted octanol–water partition coefficient (Wildman–Crippen LogP) is 3.03. The second-order valence-corrected chi connectivity index (χ2v) is 4.56. The number of non-ortho nitro benzene ring substituents is 1. The molecule has 1 N–H and O–H groups in total. The van der Waals surface area contributed by atoms with Crippen LogP contribution in [0.3, 0.4) is 0 Å². The Morgan fingerprint density at radius 1 is 1.20 bits per heavy atom. The van der Waals surface area contributed by atoms with E-state index in [2.05, 4.69) is 20.9 Å². The number of hydrogen-bond acceptors (Lipinski definition) is 6. The quantitative estimate of drug-likeness (QED) is 0.677. The van der Waals surface area contributed by atoms with Crippen molar-refractivity contribution in [2.75, 3.05) is 0 Å². The van der Waals surface area contributed by atoms with Gasteiger partial charge >= 0.3 is 0 Å². The summed E-state index contributed by atoms with van der Waals surface area (Å²) in [5, 5.41) is 31.6. The summed E-state index contributed by atoms with van der Waals surface area (Å²) >= 11 is 3.17. The lowest BCUT2D eigenvalue weighted by Crippen LogP contribution is -1.97. The van der Waals surface area contributed by atoms with E-state index in [1.165, 1.54) is 6.20 Å². The zero-order valence-electron chi connectivity index (χ0n) is 9.69. The number of nitro groups is 2. The SMILES string of the molecule is O=[N+]([O-])c1cc(O)c(-c2ncccc2Br)c([N+](=O)[O-])c1. The van der Waals surface area contributed by atoms with Crippen LogP contribution < -0.4 is 0 Å². The first-order chi connectivity index (χ1) is 9.41. The Morgan fingerprint density at radius 2 is 1.90 bits per heavy atom. The summed E-state index contributed by atoms with van der Waals surface area (Å²) in [6.07, 6.45) is 1.39. The molecule has 0 aliphatic heterocycles. The third kappa shape index (κ3) is 2.43. The van der Waals surface area contributed by atoms with E-state index >= 15 is 0 Å². The average molecular weight is 340 g/mol. The standard InChI is InChI=1S/C11H6BrN3O5/c12-7-2-1-3-13-11(7)10-8(15(19)20)4-6(14(17)18)5-9(10)16/h1-5,16H. The van der Waals surface area contributed by atoms with Gasteiger partial charge in [0.25, 0.3) is 11.4 Å². The Balaban J connectivity index is 2.79. The van der Waals surface area contributed by atoms with Gasteiger partial charge in [-0.15, -0.1) is 0 Å². The lowest BCUT2D eigenvalue weighted by molar-refractivity contribution is -0.393. The van der Waals surface area contributed by atoms with E-state index in [0.29, 0.717) is 4.47 Å². The summed E-state index contributed by atoms with van der Waals surface area (Å²) in [5.74, 6) is -0.578. The number of hydrogen-bond donors (Lipinski definition) is 1. The van der Waals surface area contributed by atoms with Gasteiger partial charge in [-0.3, -0.25) is 25.2 Å². The molecule has 20 heavy (non-hydrogen) atoms. The molecule has 0 fully saturated rings. The van der Waals surface area contributed by atoms with Crippen LogP contribution in [0.5, 0.6) is 5.75 Å². The maximum atomic E-state index is 11.1. The molecule has 0 aliphatic carbocycles. The highest BCUT2D eigenvalue weighted by Crippen LogP contribution is 2.42. The number of benzene rings is 1. The predicted molar refractivity (Wildman–Crippen MR) is 72.3 cm³/mol. The average Bonchev–Trinajstić information content (AvgIpc) is 2.38. The minimum Gasteiger partial charge on any atom is -0.507 e. The molecule has 0 atom stereocenters. The second kappa shape index (κ2) is 5.21. The molecule has 0 amide bonds. The van der Waals surface area contributed by atoms with Gasteiger partial charge in [-0.05, 0) is 28.1 Å². The summed E-state index contributed by atoms with van der Waals surface area (Å²) < 4.78 is 0.423. The normalized spacial score (nSPS) is 10.2. The van der Waals surface area contributed by atoms with Crippen molar-refractivity contribution in [2.45, 2.75) is 0 Å². The summed E-state index contributed by atoms with van der Waals surface area (Å²) in [6, 6.07) is 4.83. The number of nitro benzene ring substituents is 2. The van der Waals surface area contributed by atoms with Gasteiger partial charge in [-0.1, -0.05) is 0 Å². The summed E-state index contributed by atoms with van der Waals surface area (Å²) in [7, 11) is 0. The molecule has 102 valence electrons. The third-order valence-corrected chi connectivity index (χ3v) is 3.12. The van der Waals surface area contributed by atoms with Crippen LogP contribution in [0.4, 0.5) is 11.4 Å². The van der Waals surface area contributed by atoms with Crippen LogP contribution in [-0.4, -0.2) is 19.9 Å². The first-order valence-corrected chi connectivity index (χ1v) is 5.97.